The van der Waals surface area contributed by atoms with E-state index in [2.05, 4.69) is 74.5 Å². The summed E-state index contributed by atoms with van der Waals surface area (Å²) in [6, 6.07) is 30.9. The number of nitrogens with one attached hydrogen (secondary N) is 1. The molecule has 0 aliphatic heterocycles. The zero-order valence-electron chi connectivity index (χ0n) is 17.6. The summed E-state index contributed by atoms with van der Waals surface area (Å²) < 4.78 is 2.14. The fraction of sp³-hybridized carbons (Fsp3) is 0.0741. The van der Waals surface area contributed by atoms with E-state index in [4.69, 9.17) is 4.98 Å². The predicted molar refractivity (Wildman–Crippen MR) is 130 cm³/mol. The number of hydrogen-bond acceptors (Lipinski definition) is 4. The zero-order chi connectivity index (χ0) is 21.6. The van der Waals surface area contributed by atoms with E-state index in [0.717, 1.165) is 28.4 Å². The number of aromatic nitrogens is 4. The first-order valence-corrected chi connectivity index (χ1v) is 10.6. The molecule has 5 nitrogen and oxygen atoms in total. The third-order valence-corrected chi connectivity index (χ3v) is 5.27. The van der Waals surface area contributed by atoms with Crippen LogP contribution in [-0.2, 0) is 13.1 Å². The second-order valence-electron chi connectivity index (χ2n) is 7.52. The van der Waals surface area contributed by atoms with E-state index < -0.39 is 0 Å². The highest BCUT2D eigenvalue weighted by atomic mass is 15.2. The van der Waals surface area contributed by atoms with Crippen molar-refractivity contribution in [2.45, 2.75) is 13.1 Å². The maximum absolute atomic E-state index is 4.92. The summed E-state index contributed by atoms with van der Waals surface area (Å²) in [4.78, 5) is 14.0. The standard InChI is InChI=1S/C27H23N5/c1-4-10-21(11-5-1)16-17-24-31-25-26(28-18-22-12-6-2-7-13-22)29-20-30-27(25)32(24)19-23-14-8-3-9-15-23/h1-17,20H,18-19H2,(H,28,29,30)/b17-16+. The summed E-state index contributed by atoms with van der Waals surface area (Å²) in [6.45, 7) is 1.36. The SMILES string of the molecule is C(=C\c1nc2c(NCc3ccccc3)ncnc2n1Cc1ccccc1)/c1ccccc1. The van der Waals surface area contributed by atoms with Crippen LogP contribution in [0.25, 0.3) is 23.3 Å². The third kappa shape index (κ3) is 4.42. The molecule has 156 valence electrons. The minimum atomic E-state index is 0.674. The first kappa shape index (κ1) is 19.7. The van der Waals surface area contributed by atoms with Gasteiger partial charge in [0, 0.05) is 6.54 Å². The van der Waals surface area contributed by atoms with Crippen LogP contribution in [0.15, 0.2) is 97.3 Å². The average molecular weight is 418 g/mol. The molecule has 2 aromatic heterocycles. The van der Waals surface area contributed by atoms with Crippen LogP contribution < -0.4 is 5.32 Å². The molecule has 0 saturated heterocycles. The summed E-state index contributed by atoms with van der Waals surface area (Å²) >= 11 is 0. The van der Waals surface area contributed by atoms with Gasteiger partial charge in [0.15, 0.2) is 17.0 Å². The Balaban J connectivity index is 1.54. The summed E-state index contributed by atoms with van der Waals surface area (Å²) in [5.41, 5.74) is 5.09. The normalized spacial score (nSPS) is 11.2. The second-order valence-corrected chi connectivity index (χ2v) is 7.52. The van der Waals surface area contributed by atoms with Gasteiger partial charge in [-0.1, -0.05) is 97.1 Å². The second kappa shape index (κ2) is 9.27. The van der Waals surface area contributed by atoms with Crippen LogP contribution in [0.3, 0.4) is 0 Å². The maximum atomic E-state index is 4.92. The van der Waals surface area contributed by atoms with E-state index in [9.17, 15) is 0 Å². The topological polar surface area (TPSA) is 55.6 Å². The van der Waals surface area contributed by atoms with Crippen LogP contribution in [0.1, 0.15) is 22.5 Å². The Morgan fingerprint density at radius 2 is 1.38 bits per heavy atom. The van der Waals surface area contributed by atoms with Crippen molar-refractivity contribution in [1.82, 2.24) is 19.5 Å². The van der Waals surface area contributed by atoms with E-state index in [1.54, 1.807) is 6.33 Å². The number of hydrogen-bond donors (Lipinski definition) is 1. The summed E-state index contributed by atoms with van der Waals surface area (Å²) in [5, 5.41) is 3.43. The molecule has 2 heterocycles. The van der Waals surface area contributed by atoms with Gasteiger partial charge in [0.1, 0.15) is 12.2 Å². The molecule has 32 heavy (non-hydrogen) atoms. The van der Waals surface area contributed by atoms with Gasteiger partial charge in [-0.15, -0.1) is 0 Å². The highest BCUT2D eigenvalue weighted by Gasteiger charge is 2.15. The van der Waals surface area contributed by atoms with E-state index in [1.165, 1.54) is 11.1 Å². The first-order chi connectivity index (χ1) is 15.9. The summed E-state index contributed by atoms with van der Waals surface area (Å²) in [7, 11) is 0. The summed E-state index contributed by atoms with van der Waals surface area (Å²) in [6.07, 6.45) is 5.72. The molecular weight excluding hydrogens is 394 g/mol. The molecule has 0 atom stereocenters. The van der Waals surface area contributed by atoms with Gasteiger partial charge >= 0.3 is 0 Å². The largest absolute Gasteiger partial charge is 0.364 e. The highest BCUT2D eigenvalue weighted by Crippen LogP contribution is 2.23. The lowest BCUT2D eigenvalue weighted by molar-refractivity contribution is 0.803. The molecule has 5 rings (SSSR count). The van der Waals surface area contributed by atoms with Crippen molar-refractivity contribution in [3.05, 3.63) is 120 Å². The molecule has 0 radical (unpaired) electrons. The van der Waals surface area contributed by atoms with Crippen molar-refractivity contribution in [1.29, 1.82) is 0 Å². The highest BCUT2D eigenvalue weighted by molar-refractivity contribution is 5.85. The van der Waals surface area contributed by atoms with Crippen molar-refractivity contribution in [3.63, 3.8) is 0 Å². The van der Waals surface area contributed by atoms with Gasteiger partial charge in [-0.25, -0.2) is 15.0 Å². The van der Waals surface area contributed by atoms with Crippen LogP contribution in [0.2, 0.25) is 0 Å². The molecule has 3 aromatic carbocycles. The van der Waals surface area contributed by atoms with E-state index >= 15 is 0 Å². The van der Waals surface area contributed by atoms with Crippen LogP contribution in [-0.4, -0.2) is 19.5 Å². The van der Waals surface area contributed by atoms with Gasteiger partial charge < -0.3 is 9.88 Å². The van der Waals surface area contributed by atoms with Gasteiger partial charge in [0.2, 0.25) is 0 Å². The quantitative estimate of drug-likeness (QED) is 0.371. The lowest BCUT2D eigenvalue weighted by atomic mass is 10.2. The summed E-state index contributed by atoms with van der Waals surface area (Å²) in [5.74, 6) is 1.58. The van der Waals surface area contributed by atoms with Gasteiger partial charge in [-0.05, 0) is 22.8 Å². The van der Waals surface area contributed by atoms with Crippen molar-refractivity contribution >= 4 is 29.1 Å². The fourth-order valence-corrected chi connectivity index (χ4v) is 3.65. The van der Waals surface area contributed by atoms with E-state index in [0.29, 0.717) is 13.1 Å². The van der Waals surface area contributed by atoms with Crippen LogP contribution >= 0.6 is 0 Å². The van der Waals surface area contributed by atoms with Gasteiger partial charge in [0.25, 0.3) is 0 Å². The molecular formula is C27H23N5. The van der Waals surface area contributed by atoms with E-state index in [1.807, 2.05) is 48.5 Å². The third-order valence-electron chi connectivity index (χ3n) is 5.27. The fourth-order valence-electron chi connectivity index (χ4n) is 3.65. The van der Waals surface area contributed by atoms with Gasteiger partial charge in [-0.3, -0.25) is 0 Å². The van der Waals surface area contributed by atoms with Gasteiger partial charge in [-0.2, -0.15) is 0 Å². The Bertz CT molecular complexity index is 1330. The Morgan fingerprint density at radius 1 is 0.719 bits per heavy atom. The Morgan fingerprint density at radius 3 is 2.09 bits per heavy atom. The molecule has 0 unspecified atom stereocenters. The van der Waals surface area contributed by atoms with Crippen LogP contribution in [0, 0.1) is 0 Å². The smallest absolute Gasteiger partial charge is 0.166 e. The number of imidazole rings is 1. The monoisotopic (exact) mass is 417 g/mol. The number of anilines is 1. The van der Waals surface area contributed by atoms with Crippen LogP contribution in [0.4, 0.5) is 5.82 Å². The maximum Gasteiger partial charge on any atom is 0.166 e. The number of nitrogens with zero attached hydrogens (tertiary/aromatic N) is 4. The van der Waals surface area contributed by atoms with Crippen molar-refractivity contribution < 1.29 is 0 Å². The minimum absolute atomic E-state index is 0.674. The number of benzene rings is 3. The molecule has 0 fully saturated rings. The predicted octanol–water partition coefficient (Wildman–Crippen LogP) is 5.66. The minimum Gasteiger partial charge on any atom is -0.364 e. The Kier molecular flexibility index (Phi) is 5.70. The Hall–Kier alpha value is -4.25. The lowest BCUT2D eigenvalue weighted by Crippen LogP contribution is -2.05. The molecule has 1 N–H and O–H groups in total. The molecule has 0 aliphatic rings. The Labute approximate surface area is 187 Å². The van der Waals surface area contributed by atoms with Crippen LogP contribution in [0.5, 0.6) is 0 Å². The van der Waals surface area contributed by atoms with Gasteiger partial charge in [0.05, 0.1) is 6.54 Å². The van der Waals surface area contributed by atoms with E-state index in [-0.39, 0.29) is 0 Å². The van der Waals surface area contributed by atoms with Crippen molar-refractivity contribution in [2.24, 2.45) is 0 Å². The van der Waals surface area contributed by atoms with Crippen molar-refractivity contribution in [2.75, 3.05) is 5.32 Å². The molecule has 5 aromatic rings. The molecule has 0 spiro atoms. The molecule has 0 saturated carbocycles. The molecule has 5 heteroatoms. The molecule has 0 amide bonds. The van der Waals surface area contributed by atoms with Crippen molar-refractivity contribution in [3.8, 4) is 0 Å². The lowest BCUT2D eigenvalue weighted by Gasteiger charge is -2.08. The zero-order valence-corrected chi connectivity index (χ0v) is 17.6. The molecule has 0 aliphatic carbocycles. The first-order valence-electron chi connectivity index (χ1n) is 10.6. The average Bonchev–Trinajstić information content (AvgIpc) is 3.21. The number of fused-ring (bicyclic) bond motifs is 1. The number of rotatable bonds is 7. The molecule has 0 bridgehead atoms.